The Morgan fingerprint density at radius 1 is 1.21 bits per heavy atom. The summed E-state index contributed by atoms with van der Waals surface area (Å²) in [4.78, 5) is 33.5. The molecule has 3 aromatic rings. The molecule has 2 aliphatic heterocycles. The Balaban J connectivity index is 1.56. The van der Waals surface area contributed by atoms with Crippen molar-refractivity contribution in [2.45, 2.75) is 32.5 Å². The first-order chi connectivity index (χ1) is 20.3. The monoisotopic (exact) mass is 644 g/mol. The number of fused-ring (bicyclic) bond motifs is 1. The number of carbonyl (C=O) groups is 1. The average molecular weight is 645 g/mol. The van der Waals surface area contributed by atoms with E-state index in [0.717, 1.165) is 32.6 Å². The molecule has 4 heterocycles. The summed E-state index contributed by atoms with van der Waals surface area (Å²) < 4.78 is 72.0. The van der Waals surface area contributed by atoms with E-state index in [1.165, 1.54) is 4.57 Å². The number of nitrogens with two attached hydrogens (primary N) is 1. The quantitative estimate of drug-likeness (QED) is 0.395. The first-order valence-corrected chi connectivity index (χ1v) is 15.1. The summed E-state index contributed by atoms with van der Waals surface area (Å²) in [7, 11) is -3.92. The molecule has 2 aliphatic rings. The summed E-state index contributed by atoms with van der Waals surface area (Å²) in [6.45, 7) is 2.60. The molecular formula is C25H28ClF3N8O5S. The van der Waals surface area contributed by atoms with Crippen LogP contribution in [-0.4, -0.2) is 77.2 Å². The van der Waals surface area contributed by atoms with Gasteiger partial charge in [-0.2, -0.15) is 35.4 Å². The van der Waals surface area contributed by atoms with Crippen LogP contribution in [-0.2, 0) is 38.9 Å². The predicted molar refractivity (Wildman–Crippen MR) is 152 cm³/mol. The summed E-state index contributed by atoms with van der Waals surface area (Å²) in [5.74, 6) is -0.259. The van der Waals surface area contributed by atoms with Crippen molar-refractivity contribution in [1.82, 2.24) is 23.5 Å². The van der Waals surface area contributed by atoms with Crippen LogP contribution >= 0.6 is 11.6 Å². The average Bonchev–Trinajstić information content (AvgIpc) is 3.41. The predicted octanol–water partition coefficient (Wildman–Crippen LogP) is 1.89. The zero-order valence-electron chi connectivity index (χ0n) is 22.9. The number of benzene rings is 1. The van der Waals surface area contributed by atoms with E-state index in [2.05, 4.69) is 15.4 Å². The number of hydrogen-bond donors (Lipinski definition) is 2. The molecule has 18 heteroatoms. The van der Waals surface area contributed by atoms with Crippen LogP contribution in [0.3, 0.4) is 0 Å². The van der Waals surface area contributed by atoms with Crippen molar-refractivity contribution >= 4 is 50.4 Å². The molecule has 0 radical (unpaired) electrons. The van der Waals surface area contributed by atoms with Crippen LogP contribution in [0.15, 0.2) is 29.1 Å². The van der Waals surface area contributed by atoms with Crippen LogP contribution in [0.4, 0.5) is 24.5 Å². The number of aromatic nitrogens is 4. The van der Waals surface area contributed by atoms with E-state index in [1.54, 1.807) is 17.9 Å². The Labute approximate surface area is 248 Å². The van der Waals surface area contributed by atoms with E-state index in [-0.39, 0.29) is 61.3 Å². The molecule has 0 atom stereocenters. The van der Waals surface area contributed by atoms with Gasteiger partial charge < -0.3 is 19.5 Å². The standard InChI is InChI=1S/C25H28ClF3N8O5S/c1-2-19-21(34-7-9-35(10-8-34)43(30,40)41)23(39)37-24(32-22(33-37)15-5-11-42-12-6-15)36(19)14-20(38)31-18-4-3-16(13-17(18)26)25(27,28)29/h3-5,13H,2,6-12,14H2,1H3,(H,31,38)(H2,30,40,41). The van der Waals surface area contributed by atoms with Gasteiger partial charge in [0.1, 0.15) is 12.2 Å². The molecule has 0 bridgehead atoms. The van der Waals surface area contributed by atoms with Gasteiger partial charge in [-0.1, -0.05) is 24.6 Å². The molecule has 1 fully saturated rings. The van der Waals surface area contributed by atoms with Crippen LogP contribution in [0.5, 0.6) is 0 Å². The minimum absolute atomic E-state index is 0.0244. The van der Waals surface area contributed by atoms with Gasteiger partial charge in [-0.3, -0.25) is 9.59 Å². The molecule has 13 nitrogen and oxygen atoms in total. The Morgan fingerprint density at radius 3 is 2.51 bits per heavy atom. The molecule has 1 amide bonds. The topological polar surface area (TPSA) is 157 Å². The second-order valence-corrected chi connectivity index (χ2v) is 11.9. The van der Waals surface area contributed by atoms with Crippen LogP contribution < -0.4 is 20.9 Å². The van der Waals surface area contributed by atoms with Gasteiger partial charge in [0.2, 0.25) is 11.7 Å². The lowest BCUT2D eigenvalue weighted by Gasteiger charge is -2.35. The fourth-order valence-electron chi connectivity index (χ4n) is 5.09. The lowest BCUT2D eigenvalue weighted by atomic mass is 10.1. The third-order valence-corrected chi connectivity index (χ3v) is 8.60. The second kappa shape index (κ2) is 11.9. The van der Waals surface area contributed by atoms with Gasteiger partial charge in [0.05, 0.1) is 35.2 Å². The number of nitrogens with one attached hydrogen (secondary N) is 1. The Hall–Kier alpha value is -3.51. The SMILES string of the molecule is CCc1c(N2CCN(S(N)(=O)=O)CC2)c(=O)n2nc(C3=CCOCC3)nc2n1CC(=O)Nc1ccc(C(F)(F)F)cc1Cl. The lowest BCUT2D eigenvalue weighted by molar-refractivity contribution is -0.137. The van der Waals surface area contributed by atoms with Crippen molar-refractivity contribution in [2.24, 2.45) is 5.14 Å². The van der Waals surface area contributed by atoms with Crippen molar-refractivity contribution in [3.63, 3.8) is 0 Å². The number of carbonyl (C=O) groups excluding carboxylic acids is 1. The Kier molecular flexibility index (Phi) is 8.54. The van der Waals surface area contributed by atoms with E-state index in [1.807, 2.05) is 0 Å². The number of alkyl halides is 3. The zero-order chi connectivity index (χ0) is 31.1. The molecular weight excluding hydrogens is 617 g/mol. The molecule has 2 aromatic heterocycles. The van der Waals surface area contributed by atoms with Gasteiger partial charge in [-0.25, -0.2) is 5.14 Å². The Bertz CT molecular complexity index is 1760. The van der Waals surface area contributed by atoms with Crippen LogP contribution in [0, 0.1) is 0 Å². The van der Waals surface area contributed by atoms with Crippen LogP contribution in [0.1, 0.15) is 30.4 Å². The smallest absolute Gasteiger partial charge is 0.377 e. The number of rotatable bonds is 7. The highest BCUT2D eigenvalue weighted by Gasteiger charge is 2.32. The Morgan fingerprint density at radius 2 is 1.93 bits per heavy atom. The van der Waals surface area contributed by atoms with E-state index >= 15 is 0 Å². The second-order valence-electron chi connectivity index (χ2n) is 9.91. The summed E-state index contributed by atoms with van der Waals surface area (Å²) in [6, 6.07) is 2.59. The van der Waals surface area contributed by atoms with Gasteiger partial charge >= 0.3 is 6.18 Å². The largest absolute Gasteiger partial charge is 0.416 e. The van der Waals surface area contributed by atoms with E-state index in [9.17, 15) is 31.2 Å². The van der Waals surface area contributed by atoms with Gasteiger partial charge in [0, 0.05) is 26.2 Å². The number of halogens is 4. The summed E-state index contributed by atoms with van der Waals surface area (Å²) >= 11 is 6.05. The van der Waals surface area contributed by atoms with Crippen molar-refractivity contribution in [3.05, 3.63) is 56.7 Å². The van der Waals surface area contributed by atoms with Crippen LogP contribution in [0.25, 0.3) is 11.4 Å². The fraction of sp³-hybridized carbons (Fsp3) is 0.440. The molecule has 3 N–H and O–H groups in total. The van der Waals surface area contributed by atoms with Gasteiger partial charge in [0.15, 0.2) is 5.82 Å². The zero-order valence-corrected chi connectivity index (χ0v) is 24.5. The maximum Gasteiger partial charge on any atom is 0.416 e. The number of anilines is 2. The molecule has 5 rings (SSSR count). The first-order valence-electron chi connectivity index (χ1n) is 13.3. The van der Waals surface area contributed by atoms with Gasteiger partial charge in [-0.05, 0) is 36.6 Å². The highest BCUT2D eigenvalue weighted by atomic mass is 35.5. The number of piperazine rings is 1. The summed E-state index contributed by atoms with van der Waals surface area (Å²) in [5.41, 5.74) is -0.0508. The minimum atomic E-state index is -4.61. The number of amides is 1. The fourth-order valence-corrected chi connectivity index (χ4v) is 5.99. The molecule has 43 heavy (non-hydrogen) atoms. The molecule has 0 unspecified atom stereocenters. The summed E-state index contributed by atoms with van der Waals surface area (Å²) in [6.07, 6.45) is -2.00. The molecule has 0 spiro atoms. The molecule has 1 saturated heterocycles. The molecule has 1 aromatic carbocycles. The van der Waals surface area contributed by atoms with Crippen LogP contribution in [0.2, 0.25) is 5.02 Å². The van der Waals surface area contributed by atoms with Crippen molar-refractivity contribution in [1.29, 1.82) is 0 Å². The lowest BCUT2D eigenvalue weighted by Crippen LogP contribution is -2.52. The van der Waals surface area contributed by atoms with E-state index in [0.29, 0.717) is 31.2 Å². The number of nitrogens with zero attached hydrogens (tertiary/aromatic N) is 6. The van der Waals surface area contributed by atoms with Crippen molar-refractivity contribution in [3.8, 4) is 0 Å². The molecule has 232 valence electrons. The van der Waals surface area contributed by atoms with E-state index < -0.39 is 33.4 Å². The maximum absolute atomic E-state index is 13.9. The van der Waals surface area contributed by atoms with E-state index in [4.69, 9.17) is 21.5 Å². The molecule has 0 saturated carbocycles. The van der Waals surface area contributed by atoms with Gasteiger partial charge in [0.25, 0.3) is 15.8 Å². The van der Waals surface area contributed by atoms with Crippen molar-refractivity contribution < 1.29 is 31.1 Å². The third kappa shape index (κ3) is 6.40. The minimum Gasteiger partial charge on any atom is -0.377 e. The number of hydrogen-bond acceptors (Lipinski definition) is 8. The maximum atomic E-state index is 13.9. The first kappa shape index (κ1) is 30.9. The highest BCUT2D eigenvalue weighted by Crippen LogP contribution is 2.34. The normalized spacial score (nSPS) is 16.9. The van der Waals surface area contributed by atoms with Gasteiger partial charge in [-0.15, -0.1) is 5.10 Å². The summed E-state index contributed by atoms with van der Waals surface area (Å²) in [5, 5.41) is 12.0. The highest BCUT2D eigenvalue weighted by molar-refractivity contribution is 7.86. The van der Waals surface area contributed by atoms with Crippen molar-refractivity contribution in [2.75, 3.05) is 49.6 Å². The number of ether oxygens (including phenoxy) is 1. The molecule has 0 aliphatic carbocycles. The third-order valence-electron chi connectivity index (χ3n) is 7.20.